The number of rotatable bonds is 5. The third-order valence-electron chi connectivity index (χ3n) is 4.50. The third-order valence-corrected chi connectivity index (χ3v) is 4.50. The van der Waals surface area contributed by atoms with Gasteiger partial charge >= 0.3 is 6.18 Å². The number of nitrogens with one attached hydrogen (secondary N) is 3. The number of carbonyl (C=O) groups is 1. The van der Waals surface area contributed by atoms with Crippen LogP contribution in [-0.4, -0.2) is 46.7 Å². The monoisotopic (exact) mass is 395 g/mol. The maximum absolute atomic E-state index is 12.8. The molecule has 1 fully saturated rings. The average molecular weight is 395 g/mol. The third kappa shape index (κ3) is 4.96. The Hall–Kier alpha value is -2.72. The molecule has 28 heavy (non-hydrogen) atoms. The molecular weight excluding hydrogens is 375 g/mol. The number of nitrogens with zero attached hydrogens (tertiary/aromatic N) is 2. The van der Waals surface area contributed by atoms with Gasteiger partial charge in [-0.2, -0.15) is 13.2 Å². The normalized spacial score (nSPS) is 19.9. The molecule has 0 spiro atoms. The van der Waals surface area contributed by atoms with Crippen molar-refractivity contribution in [2.75, 3.05) is 25.0 Å². The molecule has 1 aromatic carbocycles. The Balaban J connectivity index is 1.71. The first-order chi connectivity index (χ1) is 13.4. The van der Waals surface area contributed by atoms with Crippen LogP contribution in [0.5, 0.6) is 0 Å². The number of hydrogen-bond acceptors (Lipinski definition) is 6. The fourth-order valence-electron chi connectivity index (χ4n) is 3.00. The lowest BCUT2D eigenvalue weighted by atomic mass is 9.93. The molecule has 150 valence electrons. The predicted octanol–water partition coefficient (Wildman–Crippen LogP) is 1.94. The lowest BCUT2D eigenvalue weighted by Crippen LogP contribution is -2.52. The Morgan fingerprint density at radius 3 is 2.89 bits per heavy atom. The Labute approximate surface area is 159 Å². The van der Waals surface area contributed by atoms with Crippen LogP contribution in [0.4, 0.5) is 24.8 Å². The Kier molecular flexibility index (Phi) is 6.10. The van der Waals surface area contributed by atoms with E-state index >= 15 is 0 Å². The van der Waals surface area contributed by atoms with E-state index in [2.05, 4.69) is 25.9 Å². The van der Waals surface area contributed by atoms with Gasteiger partial charge in [-0.15, -0.1) is 0 Å². The van der Waals surface area contributed by atoms with E-state index in [0.29, 0.717) is 17.8 Å². The fourth-order valence-corrected chi connectivity index (χ4v) is 3.00. The molecule has 2 unspecified atom stereocenters. The van der Waals surface area contributed by atoms with E-state index in [4.69, 9.17) is 0 Å². The zero-order valence-electron chi connectivity index (χ0n) is 14.8. The van der Waals surface area contributed by atoms with Gasteiger partial charge in [-0.3, -0.25) is 4.79 Å². The minimum Gasteiger partial charge on any atom is -0.396 e. The van der Waals surface area contributed by atoms with Crippen LogP contribution in [0.3, 0.4) is 0 Å². The van der Waals surface area contributed by atoms with Crippen LogP contribution in [0, 0.1) is 5.92 Å². The molecule has 2 atom stereocenters. The van der Waals surface area contributed by atoms with Gasteiger partial charge in [0.25, 0.3) is 5.91 Å². The number of amides is 1. The van der Waals surface area contributed by atoms with Crippen LogP contribution in [0.1, 0.15) is 22.5 Å². The SMILES string of the molecule is O=C(NC1CNCCC1CO)c1cccc(Nc2nccc(C(F)(F)F)n2)c1. The van der Waals surface area contributed by atoms with E-state index < -0.39 is 11.9 Å². The number of hydrogen-bond donors (Lipinski definition) is 4. The van der Waals surface area contributed by atoms with Crippen LogP contribution in [0.15, 0.2) is 36.5 Å². The second-order valence-electron chi connectivity index (χ2n) is 6.48. The van der Waals surface area contributed by atoms with E-state index in [1.165, 1.54) is 6.07 Å². The predicted molar refractivity (Wildman–Crippen MR) is 96.1 cm³/mol. The van der Waals surface area contributed by atoms with Gasteiger partial charge in [-0.1, -0.05) is 6.07 Å². The fraction of sp³-hybridized carbons (Fsp3) is 0.389. The number of aliphatic hydroxyl groups excluding tert-OH is 1. The van der Waals surface area contributed by atoms with Gasteiger partial charge in [-0.05, 0) is 37.2 Å². The topological polar surface area (TPSA) is 99.2 Å². The number of alkyl halides is 3. The average Bonchev–Trinajstić information content (AvgIpc) is 2.68. The molecule has 1 aliphatic heterocycles. The Bertz CT molecular complexity index is 831. The van der Waals surface area contributed by atoms with Crippen molar-refractivity contribution in [3.63, 3.8) is 0 Å². The largest absolute Gasteiger partial charge is 0.433 e. The van der Waals surface area contributed by atoms with Crippen molar-refractivity contribution in [3.05, 3.63) is 47.8 Å². The van der Waals surface area contributed by atoms with E-state index in [9.17, 15) is 23.1 Å². The molecule has 4 N–H and O–H groups in total. The zero-order valence-corrected chi connectivity index (χ0v) is 14.8. The lowest BCUT2D eigenvalue weighted by molar-refractivity contribution is -0.141. The highest BCUT2D eigenvalue weighted by Crippen LogP contribution is 2.28. The molecule has 0 radical (unpaired) electrons. The quantitative estimate of drug-likeness (QED) is 0.618. The summed E-state index contributed by atoms with van der Waals surface area (Å²) < 4.78 is 38.3. The Morgan fingerprint density at radius 1 is 1.32 bits per heavy atom. The van der Waals surface area contributed by atoms with E-state index in [0.717, 1.165) is 25.2 Å². The van der Waals surface area contributed by atoms with Gasteiger partial charge in [0, 0.05) is 42.6 Å². The molecule has 0 bridgehead atoms. The van der Waals surface area contributed by atoms with Crippen molar-refractivity contribution >= 4 is 17.5 Å². The maximum atomic E-state index is 12.8. The van der Waals surface area contributed by atoms with Crippen molar-refractivity contribution in [2.45, 2.75) is 18.6 Å². The van der Waals surface area contributed by atoms with Crippen molar-refractivity contribution in [3.8, 4) is 0 Å². The number of halogens is 3. The maximum Gasteiger partial charge on any atom is 0.433 e. The van der Waals surface area contributed by atoms with Crippen LogP contribution in [-0.2, 0) is 6.18 Å². The molecule has 2 aromatic rings. The van der Waals surface area contributed by atoms with Gasteiger partial charge in [-0.25, -0.2) is 9.97 Å². The summed E-state index contributed by atoms with van der Waals surface area (Å²) >= 11 is 0. The molecule has 7 nitrogen and oxygen atoms in total. The number of aliphatic hydroxyl groups is 1. The van der Waals surface area contributed by atoms with Gasteiger partial charge in [0.15, 0.2) is 0 Å². The summed E-state index contributed by atoms with van der Waals surface area (Å²) in [4.78, 5) is 19.8. The first-order valence-corrected chi connectivity index (χ1v) is 8.76. The zero-order chi connectivity index (χ0) is 20.1. The summed E-state index contributed by atoms with van der Waals surface area (Å²) in [6.45, 7) is 1.34. The smallest absolute Gasteiger partial charge is 0.396 e. The summed E-state index contributed by atoms with van der Waals surface area (Å²) in [7, 11) is 0. The first-order valence-electron chi connectivity index (χ1n) is 8.76. The number of aromatic nitrogens is 2. The van der Waals surface area contributed by atoms with Crippen molar-refractivity contribution in [2.24, 2.45) is 5.92 Å². The molecule has 1 aliphatic rings. The highest BCUT2D eigenvalue weighted by atomic mass is 19.4. The summed E-state index contributed by atoms with van der Waals surface area (Å²) in [5.74, 6) is -0.574. The lowest BCUT2D eigenvalue weighted by Gasteiger charge is -2.31. The number of carbonyl (C=O) groups excluding carboxylic acids is 1. The van der Waals surface area contributed by atoms with Gasteiger partial charge < -0.3 is 21.1 Å². The van der Waals surface area contributed by atoms with Crippen molar-refractivity contribution in [1.29, 1.82) is 0 Å². The van der Waals surface area contributed by atoms with E-state index in [-0.39, 0.29) is 30.4 Å². The molecule has 0 saturated carbocycles. The van der Waals surface area contributed by atoms with Crippen LogP contribution >= 0.6 is 0 Å². The summed E-state index contributed by atoms with van der Waals surface area (Å²) in [6.07, 6.45) is -2.80. The Morgan fingerprint density at radius 2 is 2.14 bits per heavy atom. The van der Waals surface area contributed by atoms with Crippen molar-refractivity contribution in [1.82, 2.24) is 20.6 Å². The van der Waals surface area contributed by atoms with E-state index in [1.54, 1.807) is 18.2 Å². The summed E-state index contributed by atoms with van der Waals surface area (Å²) in [5, 5.41) is 18.2. The van der Waals surface area contributed by atoms with E-state index in [1.807, 2.05) is 0 Å². The second-order valence-corrected chi connectivity index (χ2v) is 6.48. The first kappa shape index (κ1) is 20.0. The van der Waals surface area contributed by atoms with Crippen LogP contribution in [0.25, 0.3) is 0 Å². The van der Waals surface area contributed by atoms with Gasteiger partial charge in [0.1, 0.15) is 5.69 Å². The summed E-state index contributed by atoms with van der Waals surface area (Å²) in [6, 6.07) is 6.88. The molecule has 3 rings (SSSR count). The van der Waals surface area contributed by atoms with Crippen LogP contribution in [0.2, 0.25) is 0 Å². The minimum atomic E-state index is -4.57. The highest BCUT2D eigenvalue weighted by Gasteiger charge is 2.32. The summed E-state index contributed by atoms with van der Waals surface area (Å²) in [5.41, 5.74) is -0.342. The second kappa shape index (κ2) is 8.53. The molecule has 2 heterocycles. The molecule has 1 saturated heterocycles. The number of piperidine rings is 1. The standard InChI is InChI=1S/C18H20F3N5O2/c19-18(20,21)15-5-7-23-17(26-15)24-13-3-1-2-11(8-13)16(28)25-14-9-22-6-4-12(14)10-27/h1-3,5,7-8,12,14,22,27H,4,6,9-10H2,(H,25,28)(H,23,24,26). The highest BCUT2D eigenvalue weighted by molar-refractivity contribution is 5.95. The molecular formula is C18H20F3N5O2. The molecule has 0 aliphatic carbocycles. The van der Waals surface area contributed by atoms with Gasteiger partial charge in [0.2, 0.25) is 5.95 Å². The molecule has 1 aromatic heterocycles. The number of anilines is 2. The number of benzene rings is 1. The molecule has 10 heteroatoms. The van der Waals surface area contributed by atoms with Gasteiger partial charge in [0.05, 0.1) is 0 Å². The minimum absolute atomic E-state index is 0.0128. The van der Waals surface area contributed by atoms with Crippen LogP contribution < -0.4 is 16.0 Å². The van der Waals surface area contributed by atoms with Crippen molar-refractivity contribution < 1.29 is 23.1 Å². The molecule has 1 amide bonds.